The second-order valence-corrected chi connectivity index (χ2v) is 5.22. The number of anilines is 1. The molecule has 0 amide bonds. The Bertz CT molecular complexity index is 853. The lowest BCUT2D eigenvalue weighted by molar-refractivity contribution is 0.404. The summed E-state index contributed by atoms with van der Waals surface area (Å²) < 4.78 is 12.8. The number of hydrogen-bond acceptors (Lipinski definition) is 4. The number of nitrogens with two attached hydrogens (primary N) is 1. The molecule has 114 valence electrons. The van der Waals surface area contributed by atoms with Gasteiger partial charge >= 0.3 is 0 Å². The molecule has 0 saturated heterocycles. The van der Waals surface area contributed by atoms with E-state index in [4.69, 9.17) is 20.2 Å². The van der Waals surface area contributed by atoms with E-state index >= 15 is 0 Å². The lowest BCUT2D eigenvalue weighted by Gasteiger charge is -2.09. The van der Waals surface area contributed by atoms with E-state index in [1.54, 1.807) is 14.2 Å². The van der Waals surface area contributed by atoms with Gasteiger partial charge in [-0.1, -0.05) is 0 Å². The number of benzene rings is 1. The first-order valence-electron chi connectivity index (χ1n) is 7.03. The molecule has 5 heteroatoms. The third-order valence-corrected chi connectivity index (χ3v) is 3.95. The molecule has 0 bridgehead atoms. The maximum absolute atomic E-state index is 6.17. The highest BCUT2D eigenvalue weighted by molar-refractivity contribution is 5.78. The average molecular weight is 297 g/mol. The van der Waals surface area contributed by atoms with Gasteiger partial charge in [-0.15, -0.1) is 0 Å². The van der Waals surface area contributed by atoms with Gasteiger partial charge in [0.25, 0.3) is 0 Å². The monoisotopic (exact) mass is 297 g/mol. The van der Waals surface area contributed by atoms with E-state index in [2.05, 4.69) is 0 Å². The number of imidazole rings is 1. The van der Waals surface area contributed by atoms with Crippen molar-refractivity contribution < 1.29 is 9.47 Å². The van der Waals surface area contributed by atoms with Crippen molar-refractivity contribution in [2.45, 2.75) is 13.8 Å². The number of hydrogen-bond donors (Lipinski definition) is 1. The molecule has 0 saturated carbocycles. The Morgan fingerprint density at radius 3 is 2.55 bits per heavy atom. The van der Waals surface area contributed by atoms with E-state index < -0.39 is 0 Å². The van der Waals surface area contributed by atoms with E-state index in [1.165, 1.54) is 0 Å². The normalized spacial score (nSPS) is 10.9. The van der Waals surface area contributed by atoms with Crippen molar-refractivity contribution in [2.24, 2.45) is 0 Å². The summed E-state index contributed by atoms with van der Waals surface area (Å²) in [6.45, 7) is 3.99. The minimum atomic E-state index is 0.693. The van der Waals surface area contributed by atoms with Crippen LogP contribution in [0.5, 0.6) is 11.5 Å². The smallest absolute Gasteiger partial charge is 0.161 e. The molecular formula is C17H19N3O2. The lowest BCUT2D eigenvalue weighted by atomic mass is 10.1. The van der Waals surface area contributed by atoms with Gasteiger partial charge in [-0.25, -0.2) is 4.98 Å². The van der Waals surface area contributed by atoms with E-state index in [9.17, 15) is 0 Å². The van der Waals surface area contributed by atoms with Gasteiger partial charge in [0.05, 0.1) is 25.6 Å². The van der Waals surface area contributed by atoms with Crippen molar-refractivity contribution in [1.29, 1.82) is 0 Å². The van der Waals surface area contributed by atoms with Crippen molar-refractivity contribution in [3.8, 4) is 22.8 Å². The molecule has 2 aromatic heterocycles. The van der Waals surface area contributed by atoms with Crippen LogP contribution >= 0.6 is 0 Å². The maximum atomic E-state index is 6.17. The Labute approximate surface area is 129 Å². The van der Waals surface area contributed by atoms with Gasteiger partial charge in [-0.05, 0) is 43.7 Å². The predicted octanol–water partition coefficient (Wildman–Crippen LogP) is 3.22. The largest absolute Gasteiger partial charge is 0.497 e. The molecule has 0 atom stereocenters. The first-order chi connectivity index (χ1) is 10.6. The fourth-order valence-electron chi connectivity index (χ4n) is 2.59. The molecule has 0 spiro atoms. The average Bonchev–Trinajstić information content (AvgIpc) is 2.88. The zero-order valence-corrected chi connectivity index (χ0v) is 13.2. The summed E-state index contributed by atoms with van der Waals surface area (Å²) in [6, 6.07) is 7.67. The van der Waals surface area contributed by atoms with Crippen LogP contribution in [0.2, 0.25) is 0 Å². The predicted molar refractivity (Wildman–Crippen MR) is 87.6 cm³/mol. The first kappa shape index (κ1) is 14.3. The molecule has 1 aromatic carbocycles. The minimum Gasteiger partial charge on any atom is -0.497 e. The Kier molecular flexibility index (Phi) is 3.41. The summed E-state index contributed by atoms with van der Waals surface area (Å²) >= 11 is 0. The van der Waals surface area contributed by atoms with Gasteiger partial charge in [0.1, 0.15) is 11.5 Å². The summed E-state index contributed by atoms with van der Waals surface area (Å²) in [6.07, 6.45) is 1.99. The Morgan fingerprint density at radius 1 is 1.09 bits per heavy atom. The first-order valence-corrected chi connectivity index (χ1v) is 7.03. The van der Waals surface area contributed by atoms with Crippen molar-refractivity contribution in [3.63, 3.8) is 0 Å². The molecule has 0 aliphatic heterocycles. The Morgan fingerprint density at radius 2 is 1.86 bits per heavy atom. The summed E-state index contributed by atoms with van der Waals surface area (Å²) in [5.74, 6) is 1.51. The van der Waals surface area contributed by atoms with E-state index in [0.717, 1.165) is 39.7 Å². The summed E-state index contributed by atoms with van der Waals surface area (Å²) in [4.78, 5) is 4.73. The van der Waals surface area contributed by atoms with Crippen molar-refractivity contribution >= 4 is 11.3 Å². The van der Waals surface area contributed by atoms with Crippen LogP contribution < -0.4 is 15.2 Å². The van der Waals surface area contributed by atoms with Crippen LogP contribution in [0, 0.1) is 13.8 Å². The van der Waals surface area contributed by atoms with E-state index in [1.807, 2.05) is 48.7 Å². The van der Waals surface area contributed by atoms with Crippen LogP contribution in [0.25, 0.3) is 16.9 Å². The minimum absolute atomic E-state index is 0.693. The number of rotatable bonds is 3. The van der Waals surface area contributed by atoms with Crippen molar-refractivity contribution in [1.82, 2.24) is 9.38 Å². The summed E-state index contributed by atoms with van der Waals surface area (Å²) in [5.41, 5.74) is 11.4. The van der Waals surface area contributed by atoms with Gasteiger partial charge in [0.2, 0.25) is 0 Å². The quantitative estimate of drug-likeness (QED) is 0.806. The third kappa shape index (κ3) is 2.06. The van der Waals surface area contributed by atoms with E-state index in [-0.39, 0.29) is 0 Å². The van der Waals surface area contributed by atoms with Crippen LogP contribution in [0.15, 0.2) is 30.5 Å². The summed E-state index contributed by atoms with van der Waals surface area (Å²) in [7, 11) is 3.29. The number of nitrogen functional groups attached to an aromatic ring is 1. The van der Waals surface area contributed by atoms with E-state index in [0.29, 0.717) is 5.69 Å². The molecule has 5 nitrogen and oxygen atoms in total. The number of ether oxygens (including phenoxy) is 2. The van der Waals surface area contributed by atoms with Crippen LogP contribution in [0.1, 0.15) is 11.3 Å². The molecular weight excluding hydrogens is 278 g/mol. The summed E-state index contributed by atoms with van der Waals surface area (Å²) in [5, 5.41) is 0. The topological polar surface area (TPSA) is 61.8 Å². The SMILES string of the molecule is COc1ccc(OC)c(-c2nc3c(N)c(C)ccn3c2C)c1. The molecule has 0 fully saturated rings. The van der Waals surface area contributed by atoms with Gasteiger partial charge < -0.3 is 19.6 Å². The molecule has 2 N–H and O–H groups in total. The van der Waals surface area contributed by atoms with Gasteiger partial charge in [0.15, 0.2) is 5.65 Å². The van der Waals surface area contributed by atoms with Crippen LogP contribution in [-0.4, -0.2) is 23.6 Å². The number of methoxy groups -OCH3 is 2. The number of fused-ring (bicyclic) bond motifs is 1. The second kappa shape index (κ2) is 5.26. The van der Waals surface area contributed by atoms with Gasteiger partial charge in [-0.3, -0.25) is 0 Å². The molecule has 2 heterocycles. The Hall–Kier alpha value is -2.69. The highest BCUT2D eigenvalue weighted by atomic mass is 16.5. The molecule has 0 unspecified atom stereocenters. The number of pyridine rings is 1. The van der Waals surface area contributed by atoms with Crippen LogP contribution in [-0.2, 0) is 0 Å². The molecule has 22 heavy (non-hydrogen) atoms. The molecule has 0 aliphatic carbocycles. The lowest BCUT2D eigenvalue weighted by Crippen LogP contribution is -1.96. The van der Waals surface area contributed by atoms with Gasteiger partial charge in [0, 0.05) is 17.5 Å². The zero-order chi connectivity index (χ0) is 15.9. The molecule has 0 aliphatic rings. The third-order valence-electron chi connectivity index (χ3n) is 3.95. The fourth-order valence-corrected chi connectivity index (χ4v) is 2.59. The second-order valence-electron chi connectivity index (χ2n) is 5.22. The molecule has 3 rings (SSSR count). The molecule has 3 aromatic rings. The zero-order valence-electron chi connectivity index (χ0n) is 13.2. The molecule has 0 radical (unpaired) electrons. The highest BCUT2D eigenvalue weighted by Crippen LogP contribution is 2.36. The maximum Gasteiger partial charge on any atom is 0.161 e. The van der Waals surface area contributed by atoms with Crippen LogP contribution in [0.3, 0.4) is 0 Å². The standard InChI is InChI=1S/C17H19N3O2/c1-10-7-8-20-11(2)16(19-17(20)15(10)18)13-9-12(21-3)5-6-14(13)22-4/h5-9H,18H2,1-4H3. The fraction of sp³-hybridized carbons (Fsp3) is 0.235. The van der Waals surface area contributed by atoms with Crippen LogP contribution in [0.4, 0.5) is 5.69 Å². The number of aromatic nitrogens is 2. The Balaban J connectivity index is 2.31. The highest BCUT2D eigenvalue weighted by Gasteiger charge is 2.17. The van der Waals surface area contributed by atoms with Crippen molar-refractivity contribution in [2.75, 3.05) is 20.0 Å². The van der Waals surface area contributed by atoms with Crippen molar-refractivity contribution in [3.05, 3.63) is 41.7 Å². The number of aryl methyl sites for hydroxylation is 2. The van der Waals surface area contributed by atoms with Gasteiger partial charge in [-0.2, -0.15) is 0 Å². The number of nitrogens with zero attached hydrogens (tertiary/aromatic N) is 2.